The van der Waals surface area contributed by atoms with Crippen LogP contribution in [0.25, 0.3) is 0 Å². The van der Waals surface area contributed by atoms with Gasteiger partial charge in [0.1, 0.15) is 11.1 Å². The summed E-state index contributed by atoms with van der Waals surface area (Å²) < 4.78 is 0. The Bertz CT molecular complexity index is 600. The molecule has 0 spiro atoms. The normalized spacial score (nSPS) is 16.1. The quantitative estimate of drug-likeness (QED) is 0.891. The molecule has 2 atom stereocenters. The summed E-state index contributed by atoms with van der Waals surface area (Å²) in [6.45, 7) is 3.09. The number of thiophene rings is 1. The number of carboxylic acids is 1. The second kappa shape index (κ2) is 5.63. The van der Waals surface area contributed by atoms with Crippen molar-refractivity contribution in [3.63, 3.8) is 0 Å². The zero-order valence-corrected chi connectivity index (χ0v) is 12.2. The number of carbonyl (C=O) groups excluding carboxylic acids is 1. The van der Waals surface area contributed by atoms with E-state index in [9.17, 15) is 14.9 Å². The third kappa shape index (κ3) is 2.54. The van der Waals surface area contributed by atoms with Crippen LogP contribution in [0.1, 0.15) is 36.3 Å². The number of nitriles is 1. The Hall–Kier alpha value is -1.87. The highest BCUT2D eigenvalue weighted by molar-refractivity contribution is 7.16. The zero-order valence-electron chi connectivity index (χ0n) is 11.4. The van der Waals surface area contributed by atoms with Crippen LogP contribution in [0, 0.1) is 23.2 Å². The van der Waals surface area contributed by atoms with Crippen molar-refractivity contribution < 1.29 is 14.7 Å². The topological polar surface area (TPSA) is 90.2 Å². The van der Waals surface area contributed by atoms with Crippen molar-refractivity contribution in [2.24, 2.45) is 11.8 Å². The van der Waals surface area contributed by atoms with Gasteiger partial charge in [0.15, 0.2) is 0 Å². The molecule has 1 amide bonds. The molecule has 0 radical (unpaired) electrons. The van der Waals surface area contributed by atoms with Gasteiger partial charge >= 0.3 is 5.97 Å². The predicted molar refractivity (Wildman–Crippen MR) is 75.7 cm³/mol. The average Bonchev–Trinajstić information content (AvgIpc) is 2.96. The maximum atomic E-state index is 12.1. The Kier molecular flexibility index (Phi) is 4.09. The van der Waals surface area contributed by atoms with Crippen LogP contribution in [0.3, 0.4) is 0 Å². The molecular weight excluding hydrogens is 276 g/mol. The van der Waals surface area contributed by atoms with E-state index in [2.05, 4.69) is 11.4 Å². The van der Waals surface area contributed by atoms with Crippen LogP contribution in [-0.4, -0.2) is 17.0 Å². The van der Waals surface area contributed by atoms with Crippen molar-refractivity contribution in [3.05, 3.63) is 16.0 Å². The van der Waals surface area contributed by atoms with Crippen molar-refractivity contribution in [1.82, 2.24) is 0 Å². The van der Waals surface area contributed by atoms with Crippen LogP contribution in [-0.2, 0) is 22.4 Å². The highest BCUT2D eigenvalue weighted by atomic mass is 32.1. The molecule has 6 heteroatoms. The second-order valence-electron chi connectivity index (χ2n) is 5.08. The first-order valence-electron chi connectivity index (χ1n) is 6.54. The molecule has 0 aromatic carbocycles. The van der Waals surface area contributed by atoms with Crippen molar-refractivity contribution in [3.8, 4) is 6.07 Å². The molecule has 0 saturated carbocycles. The smallest absolute Gasteiger partial charge is 0.307 e. The molecule has 1 heterocycles. The fraction of sp³-hybridized carbons (Fsp3) is 0.500. The lowest BCUT2D eigenvalue weighted by Gasteiger charge is -2.15. The Morgan fingerprint density at radius 2 is 2.05 bits per heavy atom. The van der Waals surface area contributed by atoms with Gasteiger partial charge in [-0.2, -0.15) is 5.26 Å². The number of anilines is 1. The van der Waals surface area contributed by atoms with E-state index in [1.54, 1.807) is 6.92 Å². The Morgan fingerprint density at radius 3 is 2.65 bits per heavy atom. The van der Waals surface area contributed by atoms with Gasteiger partial charge < -0.3 is 10.4 Å². The van der Waals surface area contributed by atoms with E-state index in [0.717, 1.165) is 29.7 Å². The summed E-state index contributed by atoms with van der Waals surface area (Å²) in [5.74, 6) is -2.75. The highest BCUT2D eigenvalue weighted by Crippen LogP contribution is 2.38. The number of rotatable bonds is 4. The number of hydrogen-bond donors (Lipinski definition) is 2. The number of aryl methyl sites for hydroxylation is 1. The average molecular weight is 292 g/mol. The highest BCUT2D eigenvalue weighted by Gasteiger charge is 2.28. The van der Waals surface area contributed by atoms with Gasteiger partial charge in [-0.1, -0.05) is 13.8 Å². The Labute approximate surface area is 121 Å². The number of carbonyl (C=O) groups is 2. The summed E-state index contributed by atoms with van der Waals surface area (Å²) >= 11 is 1.44. The van der Waals surface area contributed by atoms with E-state index in [0.29, 0.717) is 10.6 Å². The molecule has 2 N–H and O–H groups in total. The van der Waals surface area contributed by atoms with Gasteiger partial charge in [-0.25, -0.2) is 0 Å². The lowest BCUT2D eigenvalue weighted by molar-refractivity contribution is -0.145. The number of carboxylic acid groups (broad SMARTS) is 1. The lowest BCUT2D eigenvalue weighted by Crippen LogP contribution is -2.29. The van der Waals surface area contributed by atoms with Crippen LogP contribution in [0.15, 0.2) is 0 Å². The van der Waals surface area contributed by atoms with Gasteiger partial charge in [0.25, 0.3) is 0 Å². The maximum Gasteiger partial charge on any atom is 0.307 e. The summed E-state index contributed by atoms with van der Waals surface area (Å²) in [6.07, 6.45) is 2.88. The largest absolute Gasteiger partial charge is 0.481 e. The molecular formula is C14H16N2O3S. The third-order valence-electron chi connectivity index (χ3n) is 3.82. The number of hydrogen-bond acceptors (Lipinski definition) is 4. The lowest BCUT2D eigenvalue weighted by atomic mass is 9.95. The van der Waals surface area contributed by atoms with E-state index in [4.69, 9.17) is 5.11 Å². The van der Waals surface area contributed by atoms with E-state index < -0.39 is 17.8 Å². The van der Waals surface area contributed by atoms with E-state index in [1.807, 2.05) is 0 Å². The Balaban J connectivity index is 2.17. The summed E-state index contributed by atoms with van der Waals surface area (Å²) in [5.41, 5.74) is 1.60. The molecule has 106 valence electrons. The van der Waals surface area contributed by atoms with Crippen LogP contribution < -0.4 is 5.32 Å². The molecule has 1 aliphatic rings. The van der Waals surface area contributed by atoms with Gasteiger partial charge in [0.05, 0.1) is 11.5 Å². The third-order valence-corrected chi connectivity index (χ3v) is 5.03. The molecule has 20 heavy (non-hydrogen) atoms. The molecule has 1 aromatic rings. The predicted octanol–water partition coefficient (Wildman–Crippen LogP) is 2.40. The summed E-state index contributed by atoms with van der Waals surface area (Å²) in [5, 5.41) is 21.4. The zero-order chi connectivity index (χ0) is 14.9. The fourth-order valence-corrected chi connectivity index (χ4v) is 3.52. The molecule has 2 unspecified atom stereocenters. The maximum absolute atomic E-state index is 12.1. The SMILES string of the molecule is CC(C(=O)O)C(C)C(=O)Nc1sc2c(c1C#N)CCC2. The van der Waals surface area contributed by atoms with Crippen LogP contribution in [0.5, 0.6) is 0 Å². The molecule has 5 nitrogen and oxygen atoms in total. The number of nitrogens with zero attached hydrogens (tertiary/aromatic N) is 1. The second-order valence-corrected chi connectivity index (χ2v) is 6.18. The number of amides is 1. The minimum atomic E-state index is -0.998. The first kappa shape index (κ1) is 14.5. The van der Waals surface area contributed by atoms with Gasteiger partial charge in [-0.3, -0.25) is 9.59 Å². The van der Waals surface area contributed by atoms with Gasteiger partial charge in [-0.15, -0.1) is 11.3 Å². The molecule has 0 bridgehead atoms. The van der Waals surface area contributed by atoms with Crippen LogP contribution in [0.4, 0.5) is 5.00 Å². The number of nitrogens with one attached hydrogen (secondary N) is 1. The first-order valence-corrected chi connectivity index (χ1v) is 7.35. The summed E-state index contributed by atoms with van der Waals surface area (Å²) in [7, 11) is 0. The first-order chi connectivity index (χ1) is 9.45. The molecule has 0 saturated heterocycles. The van der Waals surface area contributed by atoms with Crippen molar-refractivity contribution in [1.29, 1.82) is 5.26 Å². The number of aliphatic carboxylic acids is 1. The van der Waals surface area contributed by atoms with Crippen molar-refractivity contribution in [2.75, 3.05) is 5.32 Å². The minimum Gasteiger partial charge on any atom is -0.481 e. The molecule has 0 fully saturated rings. The summed E-state index contributed by atoms with van der Waals surface area (Å²) in [6, 6.07) is 2.15. The van der Waals surface area contributed by atoms with Crippen LogP contribution in [0.2, 0.25) is 0 Å². The van der Waals surface area contributed by atoms with Crippen molar-refractivity contribution in [2.45, 2.75) is 33.1 Å². The fourth-order valence-electron chi connectivity index (χ4n) is 2.28. The van der Waals surface area contributed by atoms with Gasteiger partial charge in [-0.05, 0) is 24.8 Å². The van der Waals surface area contributed by atoms with E-state index in [-0.39, 0.29) is 5.91 Å². The summed E-state index contributed by atoms with van der Waals surface area (Å²) in [4.78, 5) is 24.1. The molecule has 2 rings (SSSR count). The molecule has 1 aliphatic carbocycles. The molecule has 0 aliphatic heterocycles. The van der Waals surface area contributed by atoms with E-state index >= 15 is 0 Å². The van der Waals surface area contributed by atoms with Crippen LogP contribution >= 0.6 is 11.3 Å². The van der Waals surface area contributed by atoms with Gasteiger partial charge in [0.2, 0.25) is 5.91 Å². The monoisotopic (exact) mass is 292 g/mol. The van der Waals surface area contributed by atoms with E-state index in [1.165, 1.54) is 18.3 Å². The molecule has 1 aromatic heterocycles. The Morgan fingerprint density at radius 1 is 1.35 bits per heavy atom. The number of fused-ring (bicyclic) bond motifs is 1. The minimum absolute atomic E-state index is 0.351. The van der Waals surface area contributed by atoms with Gasteiger partial charge in [0, 0.05) is 10.8 Å². The standard InChI is InChI=1S/C14H16N2O3S/c1-7(8(2)14(18)19)12(17)16-13-10(6-15)9-4-3-5-11(9)20-13/h7-8H,3-5H2,1-2H3,(H,16,17)(H,18,19). The van der Waals surface area contributed by atoms with Crippen molar-refractivity contribution >= 4 is 28.2 Å².